The van der Waals surface area contributed by atoms with Crippen molar-refractivity contribution in [1.29, 1.82) is 0 Å². The van der Waals surface area contributed by atoms with Crippen LogP contribution in [0.25, 0.3) is 10.9 Å². The van der Waals surface area contributed by atoms with Crippen LogP contribution >= 0.6 is 23.2 Å². The average Bonchev–Trinajstić information content (AvgIpc) is 3.64. The lowest BCUT2D eigenvalue weighted by molar-refractivity contribution is -0.605. The van der Waals surface area contributed by atoms with E-state index in [1.54, 1.807) is 29.0 Å². The van der Waals surface area contributed by atoms with E-state index < -0.39 is 18.7 Å². The van der Waals surface area contributed by atoms with E-state index in [0.717, 1.165) is 30.6 Å². The second-order valence-corrected chi connectivity index (χ2v) is 10.3. The highest BCUT2D eigenvalue weighted by molar-refractivity contribution is 6.35. The Morgan fingerprint density at radius 1 is 1.10 bits per heavy atom. The molecule has 2 aromatic heterocycles. The van der Waals surface area contributed by atoms with Gasteiger partial charge >= 0.3 is 12.6 Å². The van der Waals surface area contributed by atoms with Gasteiger partial charge in [-0.2, -0.15) is 13.5 Å². The number of hydrogen-bond donors (Lipinski definition) is 1. The van der Waals surface area contributed by atoms with E-state index in [9.17, 15) is 23.9 Å². The van der Waals surface area contributed by atoms with Crippen molar-refractivity contribution in [2.75, 3.05) is 6.61 Å². The molecule has 4 aromatic rings. The zero-order valence-electron chi connectivity index (χ0n) is 20.9. The van der Waals surface area contributed by atoms with E-state index in [0.29, 0.717) is 33.9 Å². The number of aromatic hydroxyl groups is 1. The van der Waals surface area contributed by atoms with Crippen LogP contribution < -0.4 is 14.2 Å². The lowest BCUT2D eigenvalue weighted by Crippen LogP contribution is -2.26. The first-order valence-electron chi connectivity index (χ1n) is 12.4. The van der Waals surface area contributed by atoms with E-state index in [2.05, 4.69) is 4.74 Å². The number of alkyl halides is 2. The van der Waals surface area contributed by atoms with Gasteiger partial charge in [-0.3, -0.25) is 4.79 Å². The number of fused-ring (bicyclic) bond motifs is 1. The first-order valence-corrected chi connectivity index (χ1v) is 13.2. The van der Waals surface area contributed by atoms with Gasteiger partial charge in [-0.1, -0.05) is 29.3 Å². The second kappa shape index (κ2) is 11.8. The van der Waals surface area contributed by atoms with Gasteiger partial charge in [-0.05, 0) is 60.7 Å². The minimum absolute atomic E-state index is 0.0122. The van der Waals surface area contributed by atoms with Gasteiger partial charge in [0.25, 0.3) is 0 Å². The number of benzene rings is 2. The maximum absolute atomic E-state index is 13.2. The number of nitrogens with zero attached hydrogens (tertiary/aromatic N) is 2. The van der Waals surface area contributed by atoms with Crippen LogP contribution in [0, 0.1) is 11.1 Å². The van der Waals surface area contributed by atoms with Crippen molar-refractivity contribution in [2.24, 2.45) is 5.92 Å². The van der Waals surface area contributed by atoms with E-state index in [4.69, 9.17) is 32.7 Å². The summed E-state index contributed by atoms with van der Waals surface area (Å²) in [5, 5.41) is 22.4. The van der Waals surface area contributed by atoms with E-state index >= 15 is 0 Å². The van der Waals surface area contributed by atoms with Gasteiger partial charge in [-0.15, -0.1) is 0 Å². The molecule has 8 nitrogen and oxygen atoms in total. The minimum atomic E-state index is -3.05. The van der Waals surface area contributed by atoms with Crippen LogP contribution in [-0.2, 0) is 22.5 Å². The summed E-state index contributed by atoms with van der Waals surface area (Å²) in [7, 11) is 0. The summed E-state index contributed by atoms with van der Waals surface area (Å²) < 4.78 is 44.5. The Kier molecular flexibility index (Phi) is 8.18. The molecule has 0 radical (unpaired) electrons. The number of halogens is 4. The smallest absolute Gasteiger partial charge is 0.387 e. The number of hydrogen-bond acceptors (Lipinski definition) is 6. The third-order valence-electron chi connectivity index (χ3n) is 6.50. The average molecular weight is 593 g/mol. The van der Waals surface area contributed by atoms with Crippen LogP contribution in [0.1, 0.15) is 30.1 Å². The van der Waals surface area contributed by atoms with Crippen molar-refractivity contribution in [3.05, 3.63) is 87.4 Å². The lowest BCUT2D eigenvalue weighted by atomic mass is 10.0. The maximum atomic E-state index is 13.2. The highest BCUT2D eigenvalue weighted by Crippen LogP contribution is 2.38. The van der Waals surface area contributed by atoms with Crippen LogP contribution in [-0.4, -0.2) is 28.9 Å². The molecule has 5 rings (SSSR count). The van der Waals surface area contributed by atoms with Crippen LogP contribution in [0.2, 0.25) is 10.0 Å². The fourth-order valence-corrected chi connectivity index (χ4v) is 4.92. The van der Waals surface area contributed by atoms with Crippen molar-refractivity contribution in [3.8, 4) is 17.2 Å². The molecular weight excluding hydrogens is 569 g/mol. The van der Waals surface area contributed by atoms with E-state index in [1.807, 2.05) is 0 Å². The van der Waals surface area contributed by atoms with Gasteiger partial charge in [0, 0.05) is 29.1 Å². The fraction of sp³-hybridized carbons (Fsp3) is 0.286. The summed E-state index contributed by atoms with van der Waals surface area (Å²) in [5.41, 5.74) is 1.50. The quantitative estimate of drug-likeness (QED) is 0.126. The summed E-state index contributed by atoms with van der Waals surface area (Å²) in [5.74, 6) is -0.219. The molecule has 1 saturated carbocycles. The standard InChI is InChI=1S/C28H24Cl2F2N2O6/c29-21-12-34(37)13-22(30)20(21)11-25(39-27(36)14-33-8-7-17-9-19(35)4-5-23(17)33)18-3-6-24(40-28(31)32)26(10-18)38-15-16-1-2-16/h3-10,12-13,16,25,28,35H,1-2,11,14-15H2. The van der Waals surface area contributed by atoms with Crippen molar-refractivity contribution >= 4 is 40.1 Å². The molecule has 2 heterocycles. The molecule has 1 fully saturated rings. The predicted molar refractivity (Wildman–Crippen MR) is 143 cm³/mol. The normalized spacial score (nSPS) is 13.9. The number of ether oxygens (including phenoxy) is 3. The largest absolute Gasteiger partial charge is 0.619 e. The number of carbonyl (C=O) groups excluding carboxylic acids is 1. The number of phenols is 1. The highest BCUT2D eigenvalue weighted by atomic mass is 35.5. The highest BCUT2D eigenvalue weighted by Gasteiger charge is 2.26. The third kappa shape index (κ3) is 6.68. The lowest BCUT2D eigenvalue weighted by Gasteiger charge is -2.21. The predicted octanol–water partition coefficient (Wildman–Crippen LogP) is 6.20. The van der Waals surface area contributed by atoms with E-state index in [-0.39, 0.29) is 40.3 Å². The number of carbonyl (C=O) groups is 1. The molecule has 1 atom stereocenters. The molecule has 2 aromatic carbocycles. The molecule has 0 saturated heterocycles. The maximum Gasteiger partial charge on any atom is 0.387 e. The molecule has 0 spiro atoms. The Hall–Kier alpha value is -3.76. The van der Waals surface area contributed by atoms with Crippen LogP contribution in [0.5, 0.6) is 17.2 Å². The topological polar surface area (TPSA) is 96.9 Å². The summed E-state index contributed by atoms with van der Waals surface area (Å²) in [6.45, 7) is -2.87. The molecule has 0 bridgehead atoms. The number of phenolic OH excluding ortho intramolecular Hbond substituents is 1. The van der Waals surface area contributed by atoms with Crippen LogP contribution in [0.15, 0.2) is 61.1 Å². The van der Waals surface area contributed by atoms with Gasteiger partial charge in [0.1, 0.15) is 28.4 Å². The number of esters is 1. The Balaban J connectivity index is 1.45. The first-order chi connectivity index (χ1) is 19.2. The Labute approximate surface area is 237 Å². The number of rotatable bonds is 11. The van der Waals surface area contributed by atoms with Crippen molar-refractivity contribution in [3.63, 3.8) is 0 Å². The zero-order valence-corrected chi connectivity index (χ0v) is 22.4. The van der Waals surface area contributed by atoms with Crippen molar-refractivity contribution in [2.45, 2.75) is 38.5 Å². The molecule has 210 valence electrons. The fourth-order valence-electron chi connectivity index (χ4n) is 4.32. The minimum Gasteiger partial charge on any atom is -0.619 e. The van der Waals surface area contributed by atoms with Crippen LogP contribution in [0.3, 0.4) is 0 Å². The third-order valence-corrected chi connectivity index (χ3v) is 7.15. The van der Waals surface area contributed by atoms with Gasteiger partial charge in [0.05, 0.1) is 6.61 Å². The summed E-state index contributed by atoms with van der Waals surface area (Å²) >= 11 is 12.6. The Bertz CT molecular complexity index is 1520. The van der Waals surface area contributed by atoms with E-state index in [1.165, 1.54) is 24.3 Å². The molecule has 0 aliphatic heterocycles. The van der Waals surface area contributed by atoms with Crippen LogP contribution in [0.4, 0.5) is 8.78 Å². The van der Waals surface area contributed by atoms with Gasteiger partial charge in [0.15, 0.2) is 23.9 Å². The van der Waals surface area contributed by atoms with Crippen molar-refractivity contribution < 1.29 is 37.6 Å². The molecule has 1 aliphatic rings. The molecule has 12 heteroatoms. The Morgan fingerprint density at radius 2 is 1.85 bits per heavy atom. The van der Waals surface area contributed by atoms with Crippen molar-refractivity contribution in [1.82, 2.24) is 4.57 Å². The van der Waals surface area contributed by atoms with Gasteiger partial charge < -0.3 is 29.1 Å². The molecular formula is C28H24Cl2F2N2O6. The monoisotopic (exact) mass is 592 g/mol. The summed E-state index contributed by atoms with van der Waals surface area (Å²) in [4.78, 5) is 13.2. The molecule has 1 aliphatic carbocycles. The number of pyridine rings is 1. The second-order valence-electron chi connectivity index (χ2n) is 9.50. The molecule has 0 amide bonds. The number of aromatic nitrogens is 2. The molecule has 40 heavy (non-hydrogen) atoms. The van der Waals surface area contributed by atoms with Gasteiger partial charge in [-0.25, -0.2) is 0 Å². The summed E-state index contributed by atoms with van der Waals surface area (Å²) in [6, 6.07) is 10.8. The summed E-state index contributed by atoms with van der Waals surface area (Å²) in [6.07, 6.45) is 4.95. The zero-order chi connectivity index (χ0) is 28.4. The molecule has 1 N–H and O–H groups in total. The van der Waals surface area contributed by atoms with Gasteiger partial charge in [0.2, 0.25) is 0 Å². The molecule has 1 unspecified atom stereocenters. The first kappa shape index (κ1) is 27.8. The SMILES string of the molecule is O=C(Cn1ccc2cc(O)ccc21)OC(Cc1c(Cl)c[n+]([O-])cc1Cl)c1ccc(OC(F)F)c(OCC2CC2)c1. The Morgan fingerprint density at radius 3 is 2.55 bits per heavy atom.